The molecule has 0 aliphatic carbocycles. The Labute approximate surface area is 192 Å². The first-order chi connectivity index (χ1) is 16.0. The van der Waals surface area contributed by atoms with Gasteiger partial charge in [0.05, 0.1) is 12.8 Å². The summed E-state index contributed by atoms with van der Waals surface area (Å²) in [5.74, 6) is 1.37. The fraction of sp³-hybridized carbons (Fsp3) is 0.261. The largest absolute Gasteiger partial charge is 0.494 e. The summed E-state index contributed by atoms with van der Waals surface area (Å²) in [6.07, 6.45) is 1.57. The molecule has 0 saturated carbocycles. The molecule has 4 rings (SSSR count). The minimum atomic E-state index is -0.431. The lowest BCUT2D eigenvalue weighted by molar-refractivity contribution is 0.262. The van der Waals surface area contributed by atoms with Gasteiger partial charge in [-0.2, -0.15) is 4.98 Å². The summed E-state index contributed by atoms with van der Waals surface area (Å²) in [5, 5.41) is 8.59. The molecule has 2 amide bonds. The number of carbonyl (C=O) groups excluding carboxylic acids is 1. The number of nitrogens with two attached hydrogens (primary N) is 1. The van der Waals surface area contributed by atoms with Gasteiger partial charge < -0.3 is 30.9 Å². The number of benzene rings is 2. The van der Waals surface area contributed by atoms with E-state index in [2.05, 4.69) is 48.8 Å². The van der Waals surface area contributed by atoms with E-state index in [4.69, 9.17) is 10.5 Å². The number of ether oxygens (including phenoxy) is 1. The van der Waals surface area contributed by atoms with Gasteiger partial charge >= 0.3 is 6.03 Å². The number of piperazine rings is 1. The van der Waals surface area contributed by atoms with Crippen molar-refractivity contribution in [2.75, 3.05) is 66.9 Å². The molecule has 0 radical (unpaired) electrons. The number of hydrogen-bond donors (Lipinski definition) is 4. The van der Waals surface area contributed by atoms with E-state index in [1.54, 1.807) is 43.6 Å². The molecule has 3 aromatic rings. The Kier molecular flexibility index (Phi) is 6.75. The predicted octanol–water partition coefficient (Wildman–Crippen LogP) is 3.21. The molecule has 33 heavy (non-hydrogen) atoms. The molecular formula is C23H28N8O2. The van der Waals surface area contributed by atoms with Crippen LogP contribution in [0.3, 0.4) is 0 Å². The van der Waals surface area contributed by atoms with Crippen LogP contribution in [0.2, 0.25) is 0 Å². The van der Waals surface area contributed by atoms with Crippen LogP contribution in [-0.2, 0) is 0 Å². The normalized spacial score (nSPS) is 13.9. The summed E-state index contributed by atoms with van der Waals surface area (Å²) in [4.78, 5) is 25.6. The molecule has 1 aliphatic heterocycles. The summed E-state index contributed by atoms with van der Waals surface area (Å²) in [5.41, 5.74) is 8.74. The molecule has 10 nitrogen and oxygen atoms in total. The standard InChI is InChI=1S/C23H28N8O2/c1-30-10-12-31(13-11-30)18-6-7-19(20(15-18)33-2)27-22-25-9-8-21(28-22)29-23(32)26-17-5-3-4-16(24)14-17/h3-9,14-15H,10-13,24H2,1-2H3,(H3,25,26,27,28,29,32). The Balaban J connectivity index is 1.42. The number of anilines is 6. The fourth-order valence-electron chi connectivity index (χ4n) is 3.55. The molecule has 1 fully saturated rings. The van der Waals surface area contributed by atoms with Gasteiger partial charge in [0.15, 0.2) is 0 Å². The van der Waals surface area contributed by atoms with Crippen molar-refractivity contribution < 1.29 is 9.53 Å². The molecule has 2 heterocycles. The Bertz CT molecular complexity index is 1120. The molecule has 1 saturated heterocycles. The highest BCUT2D eigenvalue weighted by atomic mass is 16.5. The zero-order chi connectivity index (χ0) is 23.2. The molecular weight excluding hydrogens is 420 g/mol. The smallest absolute Gasteiger partial charge is 0.324 e. The van der Waals surface area contributed by atoms with Crippen LogP contribution in [0.4, 0.5) is 39.3 Å². The third kappa shape index (κ3) is 5.80. The van der Waals surface area contributed by atoms with Crippen molar-refractivity contribution in [3.63, 3.8) is 0 Å². The van der Waals surface area contributed by atoms with E-state index >= 15 is 0 Å². The highest BCUT2D eigenvalue weighted by molar-refractivity contribution is 5.99. The SMILES string of the molecule is COc1cc(N2CCN(C)CC2)ccc1Nc1nccc(NC(=O)Nc2cccc(N)c2)n1. The van der Waals surface area contributed by atoms with E-state index in [0.29, 0.717) is 28.9 Å². The van der Waals surface area contributed by atoms with Crippen LogP contribution in [0.5, 0.6) is 5.75 Å². The number of aromatic nitrogens is 2. The molecule has 5 N–H and O–H groups in total. The highest BCUT2D eigenvalue weighted by Gasteiger charge is 2.16. The van der Waals surface area contributed by atoms with E-state index < -0.39 is 6.03 Å². The molecule has 0 atom stereocenters. The molecule has 1 aliphatic rings. The van der Waals surface area contributed by atoms with E-state index in [9.17, 15) is 4.79 Å². The Morgan fingerprint density at radius 2 is 1.88 bits per heavy atom. The quantitative estimate of drug-likeness (QED) is 0.424. The lowest BCUT2D eigenvalue weighted by Crippen LogP contribution is -2.44. The number of methoxy groups -OCH3 is 1. The van der Waals surface area contributed by atoms with Gasteiger partial charge in [-0.3, -0.25) is 5.32 Å². The maximum Gasteiger partial charge on any atom is 0.324 e. The maximum atomic E-state index is 12.3. The third-order valence-electron chi connectivity index (χ3n) is 5.34. The van der Waals surface area contributed by atoms with Crippen LogP contribution >= 0.6 is 0 Å². The van der Waals surface area contributed by atoms with Gasteiger partial charge in [-0.15, -0.1) is 0 Å². The van der Waals surface area contributed by atoms with Gasteiger partial charge in [0.25, 0.3) is 0 Å². The number of nitrogens with zero attached hydrogens (tertiary/aromatic N) is 4. The Hall–Kier alpha value is -4.05. The lowest BCUT2D eigenvalue weighted by Gasteiger charge is -2.34. The summed E-state index contributed by atoms with van der Waals surface area (Å²) in [6, 6.07) is 14.1. The van der Waals surface area contributed by atoms with Crippen LogP contribution in [0.25, 0.3) is 0 Å². The molecule has 0 bridgehead atoms. The zero-order valence-electron chi connectivity index (χ0n) is 18.7. The maximum absolute atomic E-state index is 12.3. The van der Waals surface area contributed by atoms with E-state index in [1.165, 1.54) is 0 Å². The summed E-state index contributed by atoms with van der Waals surface area (Å²) in [7, 11) is 3.77. The van der Waals surface area contributed by atoms with Gasteiger partial charge in [-0.05, 0) is 43.4 Å². The number of hydrogen-bond acceptors (Lipinski definition) is 8. The zero-order valence-corrected chi connectivity index (χ0v) is 18.7. The molecule has 0 spiro atoms. The van der Waals surface area contributed by atoms with Crippen molar-refractivity contribution in [3.8, 4) is 5.75 Å². The number of carbonyl (C=O) groups is 1. The van der Waals surface area contributed by atoms with Crippen LogP contribution in [-0.4, -0.2) is 61.2 Å². The van der Waals surface area contributed by atoms with Crippen molar-refractivity contribution >= 4 is 40.5 Å². The highest BCUT2D eigenvalue weighted by Crippen LogP contribution is 2.32. The molecule has 0 unspecified atom stereocenters. The second kappa shape index (κ2) is 10.0. The molecule has 172 valence electrons. The van der Waals surface area contributed by atoms with E-state index in [1.807, 2.05) is 12.1 Å². The monoisotopic (exact) mass is 448 g/mol. The van der Waals surface area contributed by atoms with Crippen LogP contribution in [0, 0.1) is 0 Å². The van der Waals surface area contributed by atoms with Crippen molar-refractivity contribution in [1.29, 1.82) is 0 Å². The van der Waals surface area contributed by atoms with Crippen LogP contribution in [0.15, 0.2) is 54.7 Å². The van der Waals surface area contributed by atoms with Crippen LogP contribution in [0.1, 0.15) is 0 Å². The van der Waals surface area contributed by atoms with Crippen molar-refractivity contribution in [2.45, 2.75) is 0 Å². The summed E-state index contributed by atoms with van der Waals surface area (Å²) >= 11 is 0. The lowest BCUT2D eigenvalue weighted by atomic mass is 10.2. The minimum Gasteiger partial charge on any atom is -0.494 e. The number of nitrogens with one attached hydrogen (secondary N) is 3. The second-order valence-electron chi connectivity index (χ2n) is 7.77. The minimum absolute atomic E-state index is 0.336. The fourth-order valence-corrected chi connectivity index (χ4v) is 3.55. The first-order valence-electron chi connectivity index (χ1n) is 10.7. The third-order valence-corrected chi connectivity index (χ3v) is 5.34. The first kappa shape index (κ1) is 22.2. The number of rotatable bonds is 6. The van der Waals surface area contributed by atoms with Gasteiger partial charge in [0.2, 0.25) is 5.95 Å². The van der Waals surface area contributed by atoms with Crippen molar-refractivity contribution in [3.05, 3.63) is 54.7 Å². The second-order valence-corrected chi connectivity index (χ2v) is 7.77. The van der Waals surface area contributed by atoms with Crippen LogP contribution < -0.4 is 31.3 Å². The molecule has 10 heteroatoms. The molecule has 2 aromatic carbocycles. The molecule has 1 aromatic heterocycles. The van der Waals surface area contributed by atoms with Gasteiger partial charge in [-0.25, -0.2) is 9.78 Å². The topological polar surface area (TPSA) is 121 Å². The first-order valence-corrected chi connectivity index (χ1v) is 10.7. The summed E-state index contributed by atoms with van der Waals surface area (Å²) in [6.45, 7) is 4.00. The number of likely N-dealkylation sites (N-methyl/N-ethyl adjacent to an activating group) is 1. The average molecular weight is 449 g/mol. The summed E-state index contributed by atoms with van der Waals surface area (Å²) < 4.78 is 5.60. The van der Waals surface area contributed by atoms with E-state index in [-0.39, 0.29) is 0 Å². The van der Waals surface area contributed by atoms with Gasteiger partial charge in [-0.1, -0.05) is 6.07 Å². The number of amides is 2. The van der Waals surface area contributed by atoms with Gasteiger partial charge in [0.1, 0.15) is 11.6 Å². The predicted molar refractivity (Wildman–Crippen MR) is 132 cm³/mol. The number of nitrogen functional groups attached to an aromatic ring is 1. The van der Waals surface area contributed by atoms with E-state index in [0.717, 1.165) is 37.6 Å². The Morgan fingerprint density at radius 3 is 2.64 bits per heavy atom. The van der Waals surface area contributed by atoms with Crippen molar-refractivity contribution in [1.82, 2.24) is 14.9 Å². The van der Waals surface area contributed by atoms with Gasteiger partial charge in [0, 0.05) is 55.5 Å². The average Bonchev–Trinajstić information content (AvgIpc) is 2.80. The van der Waals surface area contributed by atoms with Crippen molar-refractivity contribution in [2.24, 2.45) is 0 Å². The Morgan fingerprint density at radius 1 is 1.06 bits per heavy atom. The number of urea groups is 1.